The van der Waals surface area contributed by atoms with Gasteiger partial charge in [-0.1, -0.05) is 30.3 Å². The Hall–Kier alpha value is -2.96. The quantitative estimate of drug-likeness (QED) is 0.759. The predicted molar refractivity (Wildman–Crippen MR) is 92.6 cm³/mol. The number of amides is 1. The average Bonchev–Trinajstić information content (AvgIpc) is 3.23. The first kappa shape index (κ1) is 15.6. The fourth-order valence-electron chi connectivity index (χ4n) is 3.27. The molecule has 0 fully saturated rings. The first-order valence-electron chi connectivity index (χ1n) is 8.54. The summed E-state index contributed by atoms with van der Waals surface area (Å²) in [7, 11) is 0. The standard InChI is InChI=1S/C18H20N6O/c25-17(10-15-11-19-12-20-15)21-14-6-7-16-22-23-18(24(16)9-8-14)13-4-2-1-3-5-13/h1-5,11-12,14H,6-10H2,(H,19,20)(H,21,25). The van der Waals surface area contributed by atoms with Crippen LogP contribution in [0.1, 0.15) is 24.4 Å². The summed E-state index contributed by atoms with van der Waals surface area (Å²) in [6, 6.07) is 10.3. The van der Waals surface area contributed by atoms with Crippen LogP contribution in [0.3, 0.4) is 0 Å². The normalized spacial score (nSPS) is 16.9. The van der Waals surface area contributed by atoms with Crippen LogP contribution in [0.25, 0.3) is 11.4 Å². The monoisotopic (exact) mass is 336 g/mol. The van der Waals surface area contributed by atoms with Gasteiger partial charge in [-0.3, -0.25) is 4.79 Å². The van der Waals surface area contributed by atoms with Crippen molar-refractivity contribution >= 4 is 5.91 Å². The van der Waals surface area contributed by atoms with Crippen LogP contribution < -0.4 is 5.32 Å². The van der Waals surface area contributed by atoms with E-state index in [0.29, 0.717) is 6.42 Å². The zero-order chi connectivity index (χ0) is 17.1. The van der Waals surface area contributed by atoms with Crippen LogP contribution in [-0.2, 0) is 24.2 Å². The van der Waals surface area contributed by atoms with Gasteiger partial charge in [0, 0.05) is 36.5 Å². The van der Waals surface area contributed by atoms with Gasteiger partial charge in [0.05, 0.1) is 12.7 Å². The van der Waals surface area contributed by atoms with Crippen LogP contribution in [0.2, 0.25) is 0 Å². The number of carbonyl (C=O) groups excluding carboxylic acids is 1. The van der Waals surface area contributed by atoms with Crippen LogP contribution in [0.15, 0.2) is 42.9 Å². The Kier molecular flexibility index (Phi) is 4.28. The molecule has 4 rings (SSSR count). The summed E-state index contributed by atoms with van der Waals surface area (Å²) < 4.78 is 2.18. The summed E-state index contributed by atoms with van der Waals surface area (Å²) >= 11 is 0. The molecule has 1 amide bonds. The molecule has 0 aliphatic carbocycles. The molecule has 1 unspecified atom stereocenters. The summed E-state index contributed by atoms with van der Waals surface area (Å²) in [5.74, 6) is 1.92. The van der Waals surface area contributed by atoms with Gasteiger partial charge in [0.2, 0.25) is 5.91 Å². The summed E-state index contributed by atoms with van der Waals surface area (Å²) in [4.78, 5) is 19.1. The van der Waals surface area contributed by atoms with Gasteiger partial charge in [0.15, 0.2) is 5.82 Å². The number of hydrogen-bond acceptors (Lipinski definition) is 4. The molecule has 25 heavy (non-hydrogen) atoms. The molecule has 3 aromatic rings. The minimum absolute atomic E-state index is 0.0233. The Labute approximate surface area is 145 Å². The summed E-state index contributed by atoms with van der Waals surface area (Å²) in [5.41, 5.74) is 1.90. The number of H-pyrrole nitrogens is 1. The molecule has 1 atom stereocenters. The van der Waals surface area contributed by atoms with Gasteiger partial charge in [-0.2, -0.15) is 0 Å². The van der Waals surface area contributed by atoms with E-state index in [-0.39, 0.29) is 11.9 Å². The van der Waals surface area contributed by atoms with Crippen molar-refractivity contribution in [2.24, 2.45) is 0 Å². The molecule has 7 nitrogen and oxygen atoms in total. The zero-order valence-electron chi connectivity index (χ0n) is 13.9. The van der Waals surface area contributed by atoms with Gasteiger partial charge in [0.1, 0.15) is 5.82 Å². The van der Waals surface area contributed by atoms with Gasteiger partial charge in [0.25, 0.3) is 0 Å². The number of fused-ring (bicyclic) bond motifs is 1. The molecule has 0 saturated carbocycles. The van der Waals surface area contributed by atoms with Crippen molar-refractivity contribution in [3.8, 4) is 11.4 Å². The lowest BCUT2D eigenvalue weighted by molar-refractivity contribution is -0.121. The molecule has 0 spiro atoms. The molecule has 1 aliphatic rings. The van der Waals surface area contributed by atoms with Gasteiger partial charge < -0.3 is 14.9 Å². The molecule has 128 valence electrons. The van der Waals surface area contributed by atoms with Gasteiger partial charge in [-0.05, 0) is 12.8 Å². The number of carbonyl (C=O) groups is 1. The number of nitrogens with zero attached hydrogens (tertiary/aromatic N) is 4. The zero-order valence-corrected chi connectivity index (χ0v) is 13.9. The van der Waals surface area contributed by atoms with Crippen molar-refractivity contribution in [2.75, 3.05) is 0 Å². The van der Waals surface area contributed by atoms with Crippen LogP contribution in [-0.4, -0.2) is 36.7 Å². The minimum Gasteiger partial charge on any atom is -0.353 e. The third-order valence-electron chi connectivity index (χ3n) is 4.55. The van der Waals surface area contributed by atoms with Gasteiger partial charge in [-0.25, -0.2) is 4.98 Å². The highest BCUT2D eigenvalue weighted by Crippen LogP contribution is 2.22. The van der Waals surface area contributed by atoms with E-state index in [9.17, 15) is 4.79 Å². The lowest BCUT2D eigenvalue weighted by Gasteiger charge is -2.16. The van der Waals surface area contributed by atoms with Gasteiger partial charge >= 0.3 is 0 Å². The van der Waals surface area contributed by atoms with E-state index in [4.69, 9.17) is 0 Å². The molecular formula is C18H20N6O. The van der Waals surface area contributed by atoms with Crippen molar-refractivity contribution in [3.63, 3.8) is 0 Å². The lowest BCUT2D eigenvalue weighted by atomic mass is 10.1. The fraction of sp³-hybridized carbons (Fsp3) is 0.333. The van der Waals surface area contributed by atoms with E-state index in [1.54, 1.807) is 12.5 Å². The number of aromatic nitrogens is 5. The van der Waals surface area contributed by atoms with Crippen LogP contribution in [0, 0.1) is 0 Å². The topological polar surface area (TPSA) is 88.5 Å². The van der Waals surface area contributed by atoms with Crippen molar-refractivity contribution in [1.82, 2.24) is 30.0 Å². The van der Waals surface area contributed by atoms with Gasteiger partial charge in [-0.15, -0.1) is 10.2 Å². The van der Waals surface area contributed by atoms with Crippen LogP contribution in [0.5, 0.6) is 0 Å². The van der Waals surface area contributed by atoms with E-state index < -0.39 is 0 Å². The summed E-state index contributed by atoms with van der Waals surface area (Å²) in [5, 5.41) is 11.8. The second kappa shape index (κ2) is 6.88. The number of hydrogen-bond donors (Lipinski definition) is 2. The SMILES string of the molecule is O=C(Cc1cnc[nH]1)NC1CCc2nnc(-c3ccccc3)n2CC1. The molecule has 1 aromatic carbocycles. The Morgan fingerprint density at radius 3 is 2.92 bits per heavy atom. The highest BCUT2D eigenvalue weighted by molar-refractivity contribution is 5.78. The molecule has 7 heteroatoms. The maximum absolute atomic E-state index is 12.2. The van der Waals surface area contributed by atoms with Crippen molar-refractivity contribution < 1.29 is 4.79 Å². The molecule has 0 saturated heterocycles. The predicted octanol–water partition coefficient (Wildman–Crippen LogP) is 1.73. The van der Waals surface area contributed by atoms with E-state index in [1.807, 2.05) is 30.3 Å². The van der Waals surface area contributed by atoms with Crippen molar-refractivity contribution in [3.05, 3.63) is 54.4 Å². The maximum Gasteiger partial charge on any atom is 0.226 e. The molecule has 1 aliphatic heterocycles. The number of aryl methyl sites for hydroxylation is 1. The van der Waals surface area contributed by atoms with Crippen molar-refractivity contribution in [1.29, 1.82) is 0 Å². The smallest absolute Gasteiger partial charge is 0.226 e. The first-order valence-corrected chi connectivity index (χ1v) is 8.54. The second-order valence-electron chi connectivity index (χ2n) is 6.30. The Morgan fingerprint density at radius 2 is 2.12 bits per heavy atom. The van der Waals surface area contributed by atoms with Crippen LogP contribution in [0.4, 0.5) is 0 Å². The number of benzene rings is 1. The van der Waals surface area contributed by atoms with Crippen molar-refractivity contribution in [2.45, 2.75) is 38.3 Å². The van der Waals surface area contributed by atoms with E-state index in [0.717, 1.165) is 48.7 Å². The number of rotatable bonds is 4. The van der Waals surface area contributed by atoms with E-state index >= 15 is 0 Å². The fourth-order valence-corrected chi connectivity index (χ4v) is 3.27. The average molecular weight is 336 g/mol. The number of aromatic amines is 1. The highest BCUT2D eigenvalue weighted by Gasteiger charge is 2.22. The second-order valence-corrected chi connectivity index (χ2v) is 6.30. The third-order valence-corrected chi connectivity index (χ3v) is 4.55. The molecule has 0 radical (unpaired) electrons. The number of nitrogens with one attached hydrogen (secondary N) is 2. The maximum atomic E-state index is 12.2. The summed E-state index contributed by atoms with van der Waals surface area (Å²) in [6.07, 6.45) is 6.17. The molecule has 2 aromatic heterocycles. The molecule has 3 heterocycles. The van der Waals surface area contributed by atoms with E-state index in [1.165, 1.54) is 0 Å². The molecular weight excluding hydrogens is 316 g/mol. The Bertz CT molecular complexity index is 840. The third kappa shape index (κ3) is 3.45. The molecule has 2 N–H and O–H groups in total. The molecule has 0 bridgehead atoms. The largest absolute Gasteiger partial charge is 0.353 e. The summed E-state index contributed by atoms with van der Waals surface area (Å²) in [6.45, 7) is 0.807. The van der Waals surface area contributed by atoms with E-state index in [2.05, 4.69) is 30.0 Å². The Balaban J connectivity index is 1.42. The highest BCUT2D eigenvalue weighted by atomic mass is 16.1. The lowest BCUT2D eigenvalue weighted by Crippen LogP contribution is -2.36. The Morgan fingerprint density at radius 1 is 1.24 bits per heavy atom. The first-order chi connectivity index (χ1) is 12.3. The minimum atomic E-state index is 0.0233. The number of imidazole rings is 1. The van der Waals surface area contributed by atoms with Crippen LogP contribution >= 0.6 is 0 Å².